The molecule has 476 valence electrons. The van der Waals surface area contributed by atoms with Gasteiger partial charge in [-0.25, -0.2) is 0 Å². The Hall–Kier alpha value is -3.93. The number of carbonyl (C=O) groups excluding carboxylic acids is 3. The molecule has 0 fully saturated rings. The fourth-order valence-electron chi connectivity index (χ4n) is 10.0. The molecule has 0 N–H and O–H groups in total. The Balaban J connectivity index is 4.20. The molecule has 0 rings (SSSR count). The number of ether oxygens (including phenoxy) is 3. The van der Waals surface area contributed by atoms with Gasteiger partial charge in [-0.15, -0.1) is 0 Å². The Bertz CT molecular complexity index is 1660. The summed E-state index contributed by atoms with van der Waals surface area (Å²) in [5, 5.41) is 0. The van der Waals surface area contributed by atoms with E-state index >= 15 is 0 Å². The van der Waals surface area contributed by atoms with Crippen molar-refractivity contribution in [1.82, 2.24) is 0 Å². The lowest BCUT2D eigenvalue weighted by Gasteiger charge is -2.18. The molecule has 0 saturated heterocycles. The highest BCUT2D eigenvalue weighted by Gasteiger charge is 2.19. The Morgan fingerprint density at radius 1 is 0.253 bits per heavy atom. The lowest BCUT2D eigenvalue weighted by atomic mass is 10.0. The molecule has 83 heavy (non-hydrogen) atoms. The maximum Gasteiger partial charge on any atom is 0.306 e. The van der Waals surface area contributed by atoms with E-state index in [1.54, 1.807) is 0 Å². The van der Waals surface area contributed by atoms with Crippen molar-refractivity contribution < 1.29 is 28.6 Å². The van der Waals surface area contributed by atoms with Crippen LogP contribution >= 0.6 is 0 Å². The molecule has 6 heteroatoms. The van der Waals surface area contributed by atoms with Gasteiger partial charge in [0.05, 0.1) is 0 Å². The predicted molar refractivity (Wildman–Crippen MR) is 362 cm³/mol. The van der Waals surface area contributed by atoms with E-state index in [1.165, 1.54) is 167 Å². The summed E-state index contributed by atoms with van der Waals surface area (Å²) in [5.41, 5.74) is 0. The molecule has 0 radical (unpaired) electrons. The van der Waals surface area contributed by atoms with E-state index in [1.807, 2.05) is 0 Å². The topological polar surface area (TPSA) is 78.9 Å². The van der Waals surface area contributed by atoms with Crippen LogP contribution in [0.15, 0.2) is 109 Å². The molecule has 6 nitrogen and oxygen atoms in total. The van der Waals surface area contributed by atoms with Crippen LogP contribution in [-0.2, 0) is 28.6 Å². The summed E-state index contributed by atoms with van der Waals surface area (Å²) in [6.07, 6.45) is 97.0. The fraction of sp³-hybridized carbons (Fsp3) is 0.727. The number of hydrogen-bond donors (Lipinski definition) is 0. The first kappa shape index (κ1) is 79.1. The zero-order valence-electron chi connectivity index (χ0n) is 54.7. The molecule has 0 aliphatic rings. The van der Waals surface area contributed by atoms with Crippen LogP contribution in [-0.4, -0.2) is 37.2 Å². The third-order valence-electron chi connectivity index (χ3n) is 15.2. The Morgan fingerprint density at radius 3 is 0.735 bits per heavy atom. The van der Waals surface area contributed by atoms with E-state index in [9.17, 15) is 14.4 Å². The molecule has 0 aromatic heterocycles. The van der Waals surface area contributed by atoms with Crippen molar-refractivity contribution in [3.8, 4) is 0 Å². The van der Waals surface area contributed by atoms with Crippen molar-refractivity contribution in [2.45, 2.75) is 348 Å². The summed E-state index contributed by atoms with van der Waals surface area (Å²) in [6, 6.07) is 0. The lowest BCUT2D eigenvalue weighted by Crippen LogP contribution is -2.30. The van der Waals surface area contributed by atoms with Crippen LogP contribution in [0.4, 0.5) is 0 Å². The molecular formula is C77H132O6. The lowest BCUT2D eigenvalue weighted by molar-refractivity contribution is -0.167. The zero-order chi connectivity index (χ0) is 59.9. The summed E-state index contributed by atoms with van der Waals surface area (Å²) in [7, 11) is 0. The van der Waals surface area contributed by atoms with Crippen LogP contribution in [0.25, 0.3) is 0 Å². The fourth-order valence-corrected chi connectivity index (χ4v) is 10.0. The molecule has 0 amide bonds. The van der Waals surface area contributed by atoms with Crippen LogP contribution in [0.1, 0.15) is 342 Å². The third-order valence-corrected chi connectivity index (χ3v) is 15.2. The van der Waals surface area contributed by atoms with Gasteiger partial charge in [0, 0.05) is 19.3 Å². The Labute approximate surface area is 514 Å². The summed E-state index contributed by atoms with van der Waals surface area (Å²) in [5.74, 6) is -0.895. The van der Waals surface area contributed by atoms with Crippen molar-refractivity contribution in [2.75, 3.05) is 13.2 Å². The molecular weight excluding hydrogens is 1020 g/mol. The van der Waals surface area contributed by atoms with Gasteiger partial charge < -0.3 is 14.2 Å². The Morgan fingerprint density at radius 2 is 0.470 bits per heavy atom. The number of carbonyl (C=O) groups is 3. The first-order valence-corrected chi connectivity index (χ1v) is 35.4. The number of hydrogen-bond acceptors (Lipinski definition) is 6. The van der Waals surface area contributed by atoms with E-state index in [0.29, 0.717) is 19.3 Å². The van der Waals surface area contributed by atoms with Crippen LogP contribution in [0.2, 0.25) is 0 Å². The molecule has 0 aromatic carbocycles. The van der Waals surface area contributed by atoms with Crippen LogP contribution in [0, 0.1) is 0 Å². The normalized spacial score (nSPS) is 12.8. The van der Waals surface area contributed by atoms with E-state index in [4.69, 9.17) is 14.2 Å². The van der Waals surface area contributed by atoms with Gasteiger partial charge in [-0.1, -0.05) is 310 Å². The van der Waals surface area contributed by atoms with Gasteiger partial charge >= 0.3 is 17.9 Å². The minimum Gasteiger partial charge on any atom is -0.462 e. The highest BCUT2D eigenvalue weighted by atomic mass is 16.6. The Kier molecular flexibility index (Phi) is 67.2. The molecule has 0 aliphatic heterocycles. The number of allylic oxidation sites excluding steroid dienone is 18. The molecule has 0 aliphatic carbocycles. The highest BCUT2D eigenvalue weighted by Crippen LogP contribution is 2.17. The predicted octanol–water partition coefficient (Wildman–Crippen LogP) is 24.6. The van der Waals surface area contributed by atoms with Gasteiger partial charge in [-0.3, -0.25) is 14.4 Å². The van der Waals surface area contributed by atoms with Gasteiger partial charge in [0.2, 0.25) is 0 Å². The monoisotopic (exact) mass is 1150 g/mol. The first-order valence-electron chi connectivity index (χ1n) is 35.4. The first-order chi connectivity index (χ1) is 41.0. The van der Waals surface area contributed by atoms with Gasteiger partial charge in [-0.2, -0.15) is 0 Å². The maximum atomic E-state index is 12.9. The molecule has 0 aromatic rings. The van der Waals surface area contributed by atoms with Crippen LogP contribution in [0.3, 0.4) is 0 Å². The highest BCUT2D eigenvalue weighted by molar-refractivity contribution is 5.71. The quantitative estimate of drug-likeness (QED) is 0.0261. The molecule has 0 heterocycles. The summed E-state index contributed by atoms with van der Waals surface area (Å²) < 4.78 is 17.0. The summed E-state index contributed by atoms with van der Waals surface area (Å²) >= 11 is 0. The maximum absolute atomic E-state index is 12.9. The van der Waals surface area contributed by atoms with Gasteiger partial charge in [0.25, 0.3) is 0 Å². The second-order valence-electron chi connectivity index (χ2n) is 23.4. The number of rotatable bonds is 64. The summed E-state index contributed by atoms with van der Waals surface area (Å²) in [4.78, 5) is 38.4. The van der Waals surface area contributed by atoms with Crippen LogP contribution in [0.5, 0.6) is 0 Å². The molecule has 1 unspecified atom stereocenters. The smallest absolute Gasteiger partial charge is 0.306 e. The second-order valence-corrected chi connectivity index (χ2v) is 23.4. The van der Waals surface area contributed by atoms with Gasteiger partial charge in [0.15, 0.2) is 6.10 Å². The van der Waals surface area contributed by atoms with Crippen molar-refractivity contribution in [2.24, 2.45) is 0 Å². The average Bonchev–Trinajstić information content (AvgIpc) is 3.49. The minimum atomic E-state index is -0.790. The van der Waals surface area contributed by atoms with E-state index in [2.05, 4.69) is 130 Å². The molecule has 0 bridgehead atoms. The van der Waals surface area contributed by atoms with Crippen molar-refractivity contribution in [1.29, 1.82) is 0 Å². The standard InChI is InChI=1S/C77H132O6/c1-4-7-10-13-16-19-22-25-28-30-31-32-33-34-35-36-37-38-39-40-41-42-43-44-45-47-49-52-55-58-61-64-67-70-76(79)82-73-74(72-81-75(78)69-66-63-60-57-54-51-48-27-24-21-18-15-12-9-6-3)83-77(80)71-68-65-62-59-56-53-50-46-29-26-23-20-17-14-11-8-5-2/h7,9-10,12,16-21,25-29,31-32,48,74H,4-6,8,11,13-15,22-24,30,33-47,49-73H2,1-3H3/b10-7-,12-9-,19-16-,20-17-,21-18-,28-25-,29-26-,32-31-,48-27-. The zero-order valence-corrected chi connectivity index (χ0v) is 54.7. The second kappa shape index (κ2) is 70.6. The van der Waals surface area contributed by atoms with Crippen molar-refractivity contribution in [3.05, 3.63) is 109 Å². The number of unbranched alkanes of at least 4 members (excludes halogenated alkanes) is 35. The van der Waals surface area contributed by atoms with Gasteiger partial charge in [0.1, 0.15) is 13.2 Å². The molecule has 1 atom stereocenters. The van der Waals surface area contributed by atoms with E-state index < -0.39 is 6.10 Å². The molecule has 0 spiro atoms. The van der Waals surface area contributed by atoms with Crippen molar-refractivity contribution >= 4 is 17.9 Å². The SMILES string of the molecule is CC/C=C\C/C=C\C/C=C\C/C=C\CCCCCCCCCCCCCCCCCCCCCCC(=O)OCC(COC(=O)CCCCCCC/C=C\C/C=C\C/C=C\CC)OC(=O)CCCCCCCCC/C=C\C/C=C\CCCCC. The van der Waals surface area contributed by atoms with Crippen molar-refractivity contribution in [3.63, 3.8) is 0 Å². The number of esters is 3. The van der Waals surface area contributed by atoms with Gasteiger partial charge in [-0.05, 0) is 122 Å². The van der Waals surface area contributed by atoms with E-state index in [0.717, 1.165) is 135 Å². The summed E-state index contributed by atoms with van der Waals surface area (Å²) in [6.45, 7) is 6.40. The van der Waals surface area contributed by atoms with E-state index in [-0.39, 0.29) is 31.1 Å². The third kappa shape index (κ3) is 68.7. The average molecular weight is 1150 g/mol. The largest absolute Gasteiger partial charge is 0.462 e. The minimum absolute atomic E-state index is 0.0842. The van der Waals surface area contributed by atoms with Crippen LogP contribution < -0.4 is 0 Å². The molecule has 0 saturated carbocycles.